The van der Waals surface area contributed by atoms with Gasteiger partial charge in [0.25, 0.3) is 0 Å². The molecule has 1 aliphatic rings. The first-order chi connectivity index (χ1) is 17.4. The Labute approximate surface area is 225 Å². The predicted octanol–water partition coefficient (Wildman–Crippen LogP) is 8.98. The fourth-order valence-electron chi connectivity index (χ4n) is 6.15. The third kappa shape index (κ3) is 4.12. The number of hydrogen-bond donors (Lipinski definition) is 0. The quantitative estimate of drug-likeness (QED) is 0.172. The maximum absolute atomic E-state index is 4.54. The Bertz CT molecular complexity index is 1730. The lowest BCUT2D eigenvalue weighted by atomic mass is 9.83. The highest BCUT2D eigenvalue weighted by atomic mass is 32.2. The van der Waals surface area contributed by atoms with Crippen LogP contribution in [-0.2, 0) is 19.9 Å². The molecule has 3 heteroatoms. The van der Waals surface area contributed by atoms with Crippen molar-refractivity contribution in [3.63, 3.8) is 0 Å². The van der Waals surface area contributed by atoms with Crippen molar-refractivity contribution in [1.29, 1.82) is 0 Å². The fraction of sp³-hybridized carbons (Fsp3) is 0.353. The first-order valence-corrected chi connectivity index (χ1v) is 14.2. The zero-order valence-electron chi connectivity index (χ0n) is 23.4. The van der Waals surface area contributed by atoms with E-state index in [1.807, 2.05) is 18.0 Å². The summed E-state index contributed by atoms with van der Waals surface area (Å²) in [5, 5.41) is 8.05. The molecule has 1 aliphatic heterocycles. The number of nitrogens with zero attached hydrogens (tertiary/aromatic N) is 2. The van der Waals surface area contributed by atoms with Crippen LogP contribution in [0.4, 0.5) is 0 Å². The molecule has 0 atom stereocenters. The summed E-state index contributed by atoms with van der Waals surface area (Å²) < 4.78 is 2.34. The van der Waals surface area contributed by atoms with E-state index in [0.717, 1.165) is 12.8 Å². The minimum atomic E-state index is 0.182. The lowest BCUT2D eigenvalue weighted by molar-refractivity contribution is -0.659. The van der Waals surface area contributed by atoms with E-state index >= 15 is 0 Å². The van der Waals surface area contributed by atoms with Crippen LogP contribution in [-0.4, -0.2) is 4.98 Å². The number of fused-ring (bicyclic) bond motifs is 5. The van der Waals surface area contributed by atoms with Gasteiger partial charge in [-0.2, -0.15) is 0 Å². The minimum Gasteiger partial charge on any atom is -0.264 e. The first-order valence-electron chi connectivity index (χ1n) is 13.4. The highest BCUT2D eigenvalue weighted by Gasteiger charge is 2.33. The zero-order chi connectivity index (χ0) is 26.3. The van der Waals surface area contributed by atoms with Crippen LogP contribution in [0.15, 0.2) is 64.8 Å². The fourth-order valence-corrected chi connectivity index (χ4v) is 7.52. The molecule has 0 amide bonds. The van der Waals surface area contributed by atoms with E-state index < -0.39 is 0 Å². The van der Waals surface area contributed by atoms with Gasteiger partial charge in [0.05, 0.1) is 10.9 Å². The van der Waals surface area contributed by atoms with Crippen molar-refractivity contribution in [2.45, 2.75) is 71.1 Å². The Balaban J connectivity index is 1.72. The van der Waals surface area contributed by atoms with Gasteiger partial charge in [0.1, 0.15) is 7.05 Å². The molecular formula is C34H37N2S+. The second kappa shape index (κ2) is 8.30. The van der Waals surface area contributed by atoms with E-state index in [0.29, 0.717) is 0 Å². The Hall–Kier alpha value is -2.91. The molecule has 0 bridgehead atoms. The molecule has 3 heterocycles. The van der Waals surface area contributed by atoms with Crippen molar-refractivity contribution in [2.24, 2.45) is 17.9 Å². The van der Waals surface area contributed by atoms with Crippen molar-refractivity contribution < 1.29 is 4.57 Å². The van der Waals surface area contributed by atoms with Gasteiger partial charge in [-0.1, -0.05) is 71.5 Å². The van der Waals surface area contributed by atoms with Gasteiger partial charge in [-0.25, -0.2) is 4.57 Å². The topological polar surface area (TPSA) is 16.8 Å². The van der Waals surface area contributed by atoms with Gasteiger partial charge < -0.3 is 0 Å². The standard InChI is InChI=1S/C34H37N2S/c1-20-27-19-35-13-11-23(27)26(18-34(5,6)7)32-29(20)31-30-24(12-14-36(31)8)25-15-21(17-33(2,3)4)9-10-22(25)16-28(30)37-32/h9-16,19H,17-18H2,1-8H3/q+1. The smallest absolute Gasteiger partial charge is 0.222 e. The van der Waals surface area contributed by atoms with Crippen molar-refractivity contribution in [3.8, 4) is 11.3 Å². The van der Waals surface area contributed by atoms with Gasteiger partial charge in [0.2, 0.25) is 5.69 Å². The Morgan fingerprint density at radius 2 is 1.59 bits per heavy atom. The highest BCUT2D eigenvalue weighted by Crippen LogP contribution is 2.53. The normalized spacial score (nSPS) is 13.5. The molecule has 0 radical (unpaired) electrons. The average Bonchev–Trinajstić information content (AvgIpc) is 2.81. The van der Waals surface area contributed by atoms with Gasteiger partial charge in [0, 0.05) is 39.0 Å². The second-order valence-electron chi connectivity index (χ2n) is 13.3. The molecule has 2 aromatic heterocycles. The van der Waals surface area contributed by atoms with Gasteiger partial charge in [-0.05, 0) is 75.6 Å². The van der Waals surface area contributed by atoms with E-state index in [1.165, 1.54) is 70.1 Å². The Morgan fingerprint density at radius 3 is 2.32 bits per heavy atom. The molecule has 0 N–H and O–H groups in total. The molecule has 0 spiro atoms. The van der Waals surface area contributed by atoms with E-state index in [9.17, 15) is 0 Å². The van der Waals surface area contributed by atoms with Crippen LogP contribution in [0.5, 0.6) is 0 Å². The van der Waals surface area contributed by atoms with Crippen LogP contribution in [0.1, 0.15) is 58.2 Å². The van der Waals surface area contributed by atoms with Gasteiger partial charge in [-0.15, -0.1) is 0 Å². The molecular weight excluding hydrogens is 468 g/mol. The molecule has 37 heavy (non-hydrogen) atoms. The van der Waals surface area contributed by atoms with Crippen molar-refractivity contribution in [2.75, 3.05) is 0 Å². The van der Waals surface area contributed by atoms with Gasteiger partial charge >= 0.3 is 0 Å². The van der Waals surface area contributed by atoms with Gasteiger partial charge in [0.15, 0.2) is 6.20 Å². The highest BCUT2D eigenvalue weighted by molar-refractivity contribution is 8.00. The molecule has 0 unspecified atom stereocenters. The Kier molecular flexibility index (Phi) is 5.48. The summed E-state index contributed by atoms with van der Waals surface area (Å²) >= 11 is 1.98. The lowest BCUT2D eigenvalue weighted by Crippen LogP contribution is -2.32. The molecule has 3 aromatic carbocycles. The van der Waals surface area contributed by atoms with Crippen LogP contribution in [0.2, 0.25) is 0 Å². The molecule has 0 fully saturated rings. The van der Waals surface area contributed by atoms with Crippen LogP contribution in [0, 0.1) is 17.8 Å². The van der Waals surface area contributed by atoms with Crippen molar-refractivity contribution >= 4 is 44.1 Å². The summed E-state index contributed by atoms with van der Waals surface area (Å²) in [6, 6.07) is 14.1. The van der Waals surface area contributed by atoms with E-state index in [4.69, 9.17) is 0 Å². The summed E-state index contributed by atoms with van der Waals surface area (Å²) in [5.41, 5.74) is 7.36. The van der Waals surface area contributed by atoms with Crippen LogP contribution in [0.3, 0.4) is 0 Å². The summed E-state index contributed by atoms with van der Waals surface area (Å²) in [6.07, 6.45) is 8.38. The van der Waals surface area contributed by atoms with Gasteiger partial charge in [-0.3, -0.25) is 4.98 Å². The second-order valence-corrected chi connectivity index (χ2v) is 14.4. The zero-order valence-corrected chi connectivity index (χ0v) is 24.2. The number of hydrogen-bond acceptors (Lipinski definition) is 2. The summed E-state index contributed by atoms with van der Waals surface area (Å²) in [4.78, 5) is 7.33. The predicted molar refractivity (Wildman–Crippen MR) is 159 cm³/mol. The van der Waals surface area contributed by atoms with Crippen LogP contribution in [0.25, 0.3) is 43.6 Å². The third-order valence-corrected chi connectivity index (χ3v) is 8.78. The monoisotopic (exact) mass is 505 g/mol. The molecule has 5 aromatic rings. The Morgan fingerprint density at radius 1 is 0.838 bits per heavy atom. The van der Waals surface area contributed by atoms with Crippen molar-refractivity contribution in [1.82, 2.24) is 4.98 Å². The number of pyridine rings is 2. The van der Waals surface area contributed by atoms with E-state index in [1.54, 1.807) is 0 Å². The summed E-state index contributed by atoms with van der Waals surface area (Å²) in [7, 11) is 2.20. The molecule has 0 saturated carbocycles. The first kappa shape index (κ1) is 24.4. The molecule has 188 valence electrons. The average molecular weight is 506 g/mol. The third-order valence-electron chi connectivity index (χ3n) is 7.58. The SMILES string of the molecule is Cc1c2c(c(CC(C)(C)C)c3ccncc13)Sc1cc3ccc(CC(C)(C)C)cc3c3cc[n+](C)c-2c13. The lowest BCUT2D eigenvalue weighted by Gasteiger charge is -2.28. The molecule has 2 nitrogen and oxygen atoms in total. The largest absolute Gasteiger partial charge is 0.264 e. The van der Waals surface area contributed by atoms with Crippen molar-refractivity contribution in [3.05, 3.63) is 71.7 Å². The van der Waals surface area contributed by atoms with Crippen LogP contribution >= 0.6 is 11.8 Å². The number of rotatable bonds is 2. The molecule has 6 rings (SSSR count). The minimum absolute atomic E-state index is 0.182. The van der Waals surface area contributed by atoms with E-state index in [-0.39, 0.29) is 10.8 Å². The molecule has 0 aliphatic carbocycles. The maximum Gasteiger partial charge on any atom is 0.222 e. The maximum atomic E-state index is 4.54. The van der Waals surface area contributed by atoms with Crippen LogP contribution < -0.4 is 4.57 Å². The molecule has 0 saturated heterocycles. The summed E-state index contributed by atoms with van der Waals surface area (Å²) in [6.45, 7) is 16.3. The van der Waals surface area contributed by atoms with E-state index in [2.05, 4.69) is 114 Å². The number of aromatic nitrogens is 2. The summed E-state index contributed by atoms with van der Waals surface area (Å²) in [5.74, 6) is 0. The number of aryl methyl sites for hydroxylation is 2. The number of benzene rings is 3.